The van der Waals surface area contributed by atoms with Gasteiger partial charge in [0, 0.05) is 11.5 Å². The van der Waals surface area contributed by atoms with E-state index < -0.39 is 5.97 Å². The molecule has 4 heteroatoms. The predicted octanol–water partition coefficient (Wildman–Crippen LogP) is 5.63. The number of methoxy groups -OCH3 is 1. The molecule has 0 amide bonds. The molecule has 148 valence electrons. The second-order valence-electron chi connectivity index (χ2n) is 7.67. The third kappa shape index (κ3) is 4.55. The molecule has 1 aliphatic rings. The van der Waals surface area contributed by atoms with Crippen molar-refractivity contribution in [3.05, 3.63) is 46.6 Å². The number of esters is 1. The lowest BCUT2D eigenvalue weighted by atomic mass is 9.73. The van der Waals surface area contributed by atoms with Crippen LogP contribution in [0, 0.1) is 5.92 Å². The molecule has 0 spiro atoms. The summed E-state index contributed by atoms with van der Waals surface area (Å²) in [5.41, 5.74) is 3.44. The monoisotopic (exact) mass is 372 g/mol. The second-order valence-corrected chi connectivity index (χ2v) is 7.67. The summed E-state index contributed by atoms with van der Waals surface area (Å²) in [5, 5.41) is 21.8. The highest BCUT2D eigenvalue weighted by Crippen LogP contribution is 2.48. The molecule has 0 saturated carbocycles. The average Bonchev–Trinajstić information content (AvgIpc) is 2.61. The molecule has 0 heterocycles. The van der Waals surface area contributed by atoms with E-state index in [9.17, 15) is 15.0 Å². The van der Waals surface area contributed by atoms with Gasteiger partial charge in [-0.05, 0) is 57.1 Å². The first kappa shape index (κ1) is 21.1. The fourth-order valence-corrected chi connectivity index (χ4v) is 4.05. The lowest BCUT2D eigenvalue weighted by Gasteiger charge is -2.32. The summed E-state index contributed by atoms with van der Waals surface area (Å²) in [4.78, 5) is 12.4. The second kappa shape index (κ2) is 9.12. The van der Waals surface area contributed by atoms with Crippen molar-refractivity contribution in [1.82, 2.24) is 0 Å². The number of aromatic hydroxyl groups is 2. The molecule has 0 radical (unpaired) electrons. The molecule has 1 aromatic carbocycles. The van der Waals surface area contributed by atoms with E-state index in [0.29, 0.717) is 17.5 Å². The van der Waals surface area contributed by atoms with E-state index in [4.69, 9.17) is 4.74 Å². The van der Waals surface area contributed by atoms with E-state index in [1.165, 1.54) is 12.7 Å². The minimum Gasteiger partial charge on any atom is -0.507 e. The largest absolute Gasteiger partial charge is 0.507 e. The number of ether oxygens (including phenoxy) is 1. The molecular weight excluding hydrogens is 340 g/mol. The van der Waals surface area contributed by atoms with Crippen LogP contribution in [0.5, 0.6) is 11.5 Å². The smallest absolute Gasteiger partial charge is 0.341 e. The van der Waals surface area contributed by atoms with Gasteiger partial charge in [0.05, 0.1) is 7.11 Å². The van der Waals surface area contributed by atoms with E-state index in [1.54, 1.807) is 6.07 Å². The third-order valence-electron chi connectivity index (χ3n) is 5.55. The maximum Gasteiger partial charge on any atom is 0.341 e. The maximum absolute atomic E-state index is 12.4. The molecule has 0 aromatic heterocycles. The van der Waals surface area contributed by atoms with Crippen LogP contribution in [-0.2, 0) is 11.2 Å². The Hall–Kier alpha value is -2.23. The Kier molecular flexibility index (Phi) is 7.11. The number of phenolic OH excluding ortho intramolecular Hbond substituents is 2. The Balaban J connectivity index is 2.61. The Labute approximate surface area is 162 Å². The lowest BCUT2D eigenvalue weighted by molar-refractivity contribution is 0.0595. The van der Waals surface area contributed by atoms with Gasteiger partial charge in [0.1, 0.15) is 17.1 Å². The molecule has 0 fully saturated rings. The first-order valence-electron chi connectivity index (χ1n) is 9.80. The van der Waals surface area contributed by atoms with Crippen molar-refractivity contribution in [3.63, 3.8) is 0 Å². The van der Waals surface area contributed by atoms with Crippen LogP contribution in [0.3, 0.4) is 0 Å². The summed E-state index contributed by atoms with van der Waals surface area (Å²) < 4.78 is 4.93. The zero-order chi connectivity index (χ0) is 20.1. The molecule has 0 aliphatic heterocycles. The van der Waals surface area contributed by atoms with Gasteiger partial charge in [-0.1, -0.05) is 43.6 Å². The van der Waals surface area contributed by atoms with Crippen molar-refractivity contribution >= 4 is 5.97 Å². The molecule has 27 heavy (non-hydrogen) atoms. The molecule has 2 atom stereocenters. The van der Waals surface area contributed by atoms with Gasteiger partial charge < -0.3 is 14.9 Å². The number of hydrogen-bond donors (Lipinski definition) is 2. The number of carbonyl (C=O) groups excluding carboxylic acids is 1. The highest BCUT2D eigenvalue weighted by molar-refractivity contribution is 5.95. The first-order chi connectivity index (χ1) is 12.8. The van der Waals surface area contributed by atoms with Crippen molar-refractivity contribution in [1.29, 1.82) is 0 Å². The lowest BCUT2D eigenvalue weighted by Crippen LogP contribution is -2.18. The van der Waals surface area contributed by atoms with Crippen molar-refractivity contribution in [2.75, 3.05) is 7.11 Å². The van der Waals surface area contributed by atoms with Gasteiger partial charge in [-0.2, -0.15) is 0 Å². The first-order valence-corrected chi connectivity index (χ1v) is 9.80. The summed E-state index contributed by atoms with van der Waals surface area (Å²) in [6.45, 7) is 10.2. The molecule has 4 nitrogen and oxygen atoms in total. The average molecular weight is 373 g/mol. The van der Waals surface area contributed by atoms with E-state index in [2.05, 4.69) is 26.5 Å². The number of hydrogen-bond acceptors (Lipinski definition) is 4. The summed E-state index contributed by atoms with van der Waals surface area (Å²) in [7, 11) is 1.31. The van der Waals surface area contributed by atoms with Gasteiger partial charge >= 0.3 is 5.97 Å². The number of allylic oxidation sites excluding steroid dienone is 3. The highest BCUT2D eigenvalue weighted by atomic mass is 16.5. The van der Waals surface area contributed by atoms with Crippen LogP contribution in [-0.4, -0.2) is 23.3 Å². The van der Waals surface area contributed by atoms with Gasteiger partial charge in [-0.25, -0.2) is 4.79 Å². The standard InChI is InChI=1S/C23H32O4/c1-6-7-8-9-16-13-19(24)21(22(25)20(16)23(26)27-5)18-12-15(4)10-11-17(18)14(2)3/h12-13,17-18,24-25H,2,6-11H2,1,3-5H3/t17-,18?/m0/s1. The van der Waals surface area contributed by atoms with Crippen LogP contribution in [0.25, 0.3) is 0 Å². The number of aryl methyl sites for hydroxylation is 1. The van der Waals surface area contributed by atoms with Crippen molar-refractivity contribution in [3.8, 4) is 11.5 Å². The van der Waals surface area contributed by atoms with Gasteiger partial charge in [-0.3, -0.25) is 0 Å². The number of phenols is 2. The normalized spacial score (nSPS) is 19.5. The SMILES string of the molecule is C=C(C)[C@@H]1CCC(C)=CC1c1c(O)cc(CCCCC)c(C(=O)OC)c1O. The predicted molar refractivity (Wildman–Crippen MR) is 108 cm³/mol. The molecule has 1 unspecified atom stereocenters. The van der Waals surface area contributed by atoms with Crippen LogP contribution >= 0.6 is 0 Å². The van der Waals surface area contributed by atoms with Crippen LogP contribution in [0.15, 0.2) is 29.9 Å². The number of rotatable bonds is 7. The van der Waals surface area contributed by atoms with Crippen molar-refractivity contribution in [2.24, 2.45) is 5.92 Å². The molecule has 2 N–H and O–H groups in total. The molecule has 2 rings (SSSR count). The summed E-state index contributed by atoms with van der Waals surface area (Å²) in [5.74, 6) is -0.778. The molecule has 1 aromatic rings. The minimum absolute atomic E-state index is 0.0360. The van der Waals surface area contributed by atoms with E-state index in [0.717, 1.165) is 37.7 Å². The molecule has 1 aliphatic carbocycles. The molecular formula is C23H32O4. The Morgan fingerprint density at radius 3 is 2.63 bits per heavy atom. The van der Waals surface area contributed by atoms with E-state index in [-0.39, 0.29) is 28.9 Å². The molecule has 0 bridgehead atoms. The number of benzene rings is 1. The van der Waals surface area contributed by atoms with Crippen LogP contribution < -0.4 is 0 Å². The quantitative estimate of drug-likeness (QED) is 0.370. The summed E-state index contributed by atoms with van der Waals surface area (Å²) >= 11 is 0. The van der Waals surface area contributed by atoms with Crippen molar-refractivity contribution in [2.45, 2.75) is 65.2 Å². The minimum atomic E-state index is -0.566. The maximum atomic E-state index is 12.4. The third-order valence-corrected chi connectivity index (χ3v) is 5.55. The van der Waals surface area contributed by atoms with Crippen molar-refractivity contribution < 1.29 is 19.7 Å². The Morgan fingerprint density at radius 1 is 1.33 bits per heavy atom. The van der Waals surface area contributed by atoms with Crippen LogP contribution in [0.4, 0.5) is 0 Å². The molecule has 0 saturated heterocycles. The summed E-state index contributed by atoms with van der Waals surface area (Å²) in [6, 6.07) is 1.63. The number of carbonyl (C=O) groups is 1. The Bertz CT molecular complexity index is 745. The fourth-order valence-electron chi connectivity index (χ4n) is 4.05. The topological polar surface area (TPSA) is 66.8 Å². The zero-order valence-corrected chi connectivity index (χ0v) is 17.0. The van der Waals surface area contributed by atoms with Crippen LogP contribution in [0.1, 0.15) is 80.3 Å². The Morgan fingerprint density at radius 2 is 2.04 bits per heavy atom. The van der Waals surface area contributed by atoms with Gasteiger partial charge in [0.15, 0.2) is 0 Å². The summed E-state index contributed by atoms with van der Waals surface area (Å²) in [6.07, 6.45) is 7.53. The highest BCUT2D eigenvalue weighted by Gasteiger charge is 2.33. The van der Waals surface area contributed by atoms with Gasteiger partial charge in [0.25, 0.3) is 0 Å². The number of unbranched alkanes of at least 4 members (excludes halogenated alkanes) is 2. The van der Waals surface area contributed by atoms with Crippen LogP contribution in [0.2, 0.25) is 0 Å². The van der Waals surface area contributed by atoms with E-state index >= 15 is 0 Å². The fraction of sp³-hybridized carbons (Fsp3) is 0.522. The van der Waals surface area contributed by atoms with Gasteiger partial charge in [0.2, 0.25) is 0 Å². The zero-order valence-electron chi connectivity index (χ0n) is 17.0. The van der Waals surface area contributed by atoms with E-state index in [1.807, 2.05) is 6.92 Å². The van der Waals surface area contributed by atoms with Gasteiger partial charge in [-0.15, -0.1) is 0 Å².